The van der Waals surface area contributed by atoms with Gasteiger partial charge in [-0.05, 0) is 77.0 Å². The lowest BCUT2D eigenvalue weighted by Crippen LogP contribution is -2.34. The van der Waals surface area contributed by atoms with Crippen LogP contribution in [-0.4, -0.2) is 59.9 Å². The number of carboxylic acids is 1. The minimum absolute atomic E-state index is 0.145. The maximum absolute atomic E-state index is 12.6. The molecule has 0 aliphatic carbocycles. The van der Waals surface area contributed by atoms with Gasteiger partial charge in [-0.25, -0.2) is 4.57 Å². The summed E-state index contributed by atoms with van der Waals surface area (Å²) in [6.07, 6.45) is 44.5. The second kappa shape index (κ2) is 40.2. The molecule has 3 atom stereocenters. The third kappa shape index (κ3) is 40.0. The van der Waals surface area contributed by atoms with Crippen LogP contribution in [0.1, 0.15) is 187 Å². The standard InChI is InChI=1S/C45H80NO10P/c1-3-5-7-9-11-13-15-17-19-21-23-24-26-28-30-32-34-36-43(47)53-38-41(39-54-57(51,52)55-40-42(46)45(49)50)56-44(48)37-35-33-31-29-27-25-22-20-18-16-14-12-10-8-6-4-2/h11,13,17,19-20,22-24,41-42H,3-10,12,14-16,18,21,25-40,46H2,1-2H3,(H,49,50)(H,51,52)/b13-11-,19-17-,22-20-,24-23-/t41-,42+/m1/s1. The van der Waals surface area contributed by atoms with E-state index in [4.69, 9.17) is 24.8 Å². The fourth-order valence-electron chi connectivity index (χ4n) is 5.77. The van der Waals surface area contributed by atoms with Gasteiger partial charge in [-0.3, -0.25) is 23.4 Å². The van der Waals surface area contributed by atoms with Crippen molar-refractivity contribution in [2.75, 3.05) is 19.8 Å². The molecule has 4 N–H and O–H groups in total. The van der Waals surface area contributed by atoms with E-state index in [9.17, 15) is 23.8 Å². The number of ether oxygens (including phenoxy) is 2. The number of hydrogen-bond acceptors (Lipinski definition) is 9. The number of allylic oxidation sites excluding steroid dienone is 8. The van der Waals surface area contributed by atoms with Crippen LogP contribution in [0, 0.1) is 0 Å². The van der Waals surface area contributed by atoms with Crippen molar-refractivity contribution in [2.45, 2.75) is 199 Å². The summed E-state index contributed by atoms with van der Waals surface area (Å²) < 4.78 is 32.7. The molecular formula is C45H80NO10P. The molecule has 0 radical (unpaired) electrons. The first-order valence-corrected chi connectivity index (χ1v) is 23.7. The molecule has 0 aliphatic rings. The van der Waals surface area contributed by atoms with E-state index in [-0.39, 0.29) is 19.4 Å². The molecule has 57 heavy (non-hydrogen) atoms. The predicted molar refractivity (Wildman–Crippen MR) is 231 cm³/mol. The zero-order valence-corrected chi connectivity index (χ0v) is 36.6. The first-order chi connectivity index (χ1) is 27.6. The van der Waals surface area contributed by atoms with Crippen molar-refractivity contribution in [3.05, 3.63) is 48.6 Å². The molecule has 0 amide bonds. The second-order valence-electron chi connectivity index (χ2n) is 14.8. The fraction of sp³-hybridized carbons (Fsp3) is 0.756. The fourth-order valence-corrected chi connectivity index (χ4v) is 6.55. The highest BCUT2D eigenvalue weighted by Crippen LogP contribution is 2.43. The lowest BCUT2D eigenvalue weighted by atomic mass is 10.1. The summed E-state index contributed by atoms with van der Waals surface area (Å²) in [5.41, 5.74) is 5.33. The summed E-state index contributed by atoms with van der Waals surface area (Å²) in [4.78, 5) is 46.0. The molecule has 0 aliphatic heterocycles. The zero-order chi connectivity index (χ0) is 42.1. The zero-order valence-electron chi connectivity index (χ0n) is 35.7. The van der Waals surface area contributed by atoms with Crippen LogP contribution in [0.3, 0.4) is 0 Å². The Labute approximate surface area is 345 Å². The van der Waals surface area contributed by atoms with E-state index in [0.29, 0.717) is 12.8 Å². The van der Waals surface area contributed by atoms with E-state index in [0.717, 1.165) is 83.5 Å². The van der Waals surface area contributed by atoms with Crippen molar-refractivity contribution in [1.82, 2.24) is 0 Å². The molecule has 0 saturated heterocycles. The lowest BCUT2D eigenvalue weighted by Gasteiger charge is -2.20. The molecular weight excluding hydrogens is 745 g/mol. The SMILES string of the molecule is CCCCC/C=C\C/C=C\C/C=C\CCCCCCC(=O)OC[C@H](COP(=O)(O)OC[C@H](N)C(=O)O)OC(=O)CCCCCCC/C=C\CCCCCCCCC. The molecule has 0 heterocycles. The van der Waals surface area contributed by atoms with Gasteiger partial charge in [0.25, 0.3) is 0 Å². The van der Waals surface area contributed by atoms with Crippen molar-refractivity contribution in [3.8, 4) is 0 Å². The predicted octanol–water partition coefficient (Wildman–Crippen LogP) is 11.8. The third-order valence-corrected chi connectivity index (χ3v) is 10.3. The Kier molecular flexibility index (Phi) is 38.4. The van der Waals surface area contributed by atoms with E-state index in [2.05, 4.69) is 67.0 Å². The van der Waals surface area contributed by atoms with E-state index < -0.39 is 51.1 Å². The lowest BCUT2D eigenvalue weighted by molar-refractivity contribution is -0.161. The maximum atomic E-state index is 12.6. The maximum Gasteiger partial charge on any atom is 0.472 e. The Balaban J connectivity index is 4.41. The van der Waals surface area contributed by atoms with Crippen LogP contribution < -0.4 is 5.73 Å². The van der Waals surface area contributed by atoms with Crippen molar-refractivity contribution in [2.24, 2.45) is 5.73 Å². The number of rotatable bonds is 41. The van der Waals surface area contributed by atoms with Crippen LogP contribution >= 0.6 is 7.82 Å². The number of aliphatic carboxylic acids is 1. The van der Waals surface area contributed by atoms with Crippen molar-refractivity contribution >= 4 is 25.7 Å². The third-order valence-electron chi connectivity index (χ3n) is 9.30. The number of hydrogen-bond donors (Lipinski definition) is 3. The normalized spacial score (nSPS) is 14.2. The topological polar surface area (TPSA) is 172 Å². The van der Waals surface area contributed by atoms with Gasteiger partial charge < -0.3 is 25.2 Å². The minimum atomic E-state index is -4.72. The first-order valence-electron chi connectivity index (χ1n) is 22.2. The Morgan fingerprint density at radius 2 is 0.930 bits per heavy atom. The quantitative estimate of drug-likeness (QED) is 0.0232. The van der Waals surface area contributed by atoms with Crippen LogP contribution in [0.15, 0.2) is 48.6 Å². The molecule has 0 aromatic rings. The molecule has 0 fully saturated rings. The highest BCUT2D eigenvalue weighted by Gasteiger charge is 2.28. The van der Waals surface area contributed by atoms with Crippen molar-refractivity contribution in [1.29, 1.82) is 0 Å². The highest BCUT2D eigenvalue weighted by atomic mass is 31.2. The van der Waals surface area contributed by atoms with E-state index in [1.54, 1.807) is 0 Å². The molecule has 0 aromatic heterocycles. The van der Waals surface area contributed by atoms with Gasteiger partial charge in [0.2, 0.25) is 0 Å². The summed E-state index contributed by atoms with van der Waals surface area (Å²) in [6, 6.07) is -1.53. The number of phosphoric ester groups is 1. The second-order valence-corrected chi connectivity index (χ2v) is 16.3. The number of carbonyl (C=O) groups is 3. The van der Waals surface area contributed by atoms with Crippen LogP contribution in [0.4, 0.5) is 0 Å². The van der Waals surface area contributed by atoms with Crippen LogP contribution in [0.2, 0.25) is 0 Å². The first kappa shape index (κ1) is 54.4. The van der Waals surface area contributed by atoms with Crippen LogP contribution in [0.25, 0.3) is 0 Å². The molecule has 0 spiro atoms. The van der Waals surface area contributed by atoms with Crippen molar-refractivity contribution < 1.29 is 47.5 Å². The van der Waals surface area contributed by atoms with Gasteiger partial charge >= 0.3 is 25.7 Å². The van der Waals surface area contributed by atoms with Gasteiger partial charge in [0.15, 0.2) is 6.10 Å². The Bertz CT molecular complexity index is 1150. The summed E-state index contributed by atoms with van der Waals surface area (Å²) in [5.74, 6) is -2.42. The van der Waals surface area contributed by atoms with Gasteiger partial charge in [-0.15, -0.1) is 0 Å². The monoisotopic (exact) mass is 826 g/mol. The van der Waals surface area contributed by atoms with Crippen molar-refractivity contribution in [3.63, 3.8) is 0 Å². The van der Waals surface area contributed by atoms with Gasteiger partial charge in [0.1, 0.15) is 12.6 Å². The number of unbranched alkanes of at least 4 members (excludes halogenated alkanes) is 19. The average Bonchev–Trinajstić information content (AvgIpc) is 3.19. The number of nitrogens with two attached hydrogens (primary N) is 1. The minimum Gasteiger partial charge on any atom is -0.480 e. The Hall–Kier alpha value is -2.56. The Morgan fingerprint density at radius 3 is 1.44 bits per heavy atom. The van der Waals surface area contributed by atoms with Gasteiger partial charge in [-0.1, -0.05) is 146 Å². The molecule has 330 valence electrons. The molecule has 0 aromatic carbocycles. The molecule has 0 saturated carbocycles. The van der Waals surface area contributed by atoms with E-state index in [1.165, 1.54) is 64.2 Å². The molecule has 0 rings (SSSR count). The molecule has 11 nitrogen and oxygen atoms in total. The van der Waals surface area contributed by atoms with Gasteiger partial charge in [0, 0.05) is 12.8 Å². The highest BCUT2D eigenvalue weighted by molar-refractivity contribution is 7.47. The summed E-state index contributed by atoms with van der Waals surface area (Å²) in [7, 11) is -4.72. The molecule has 0 bridgehead atoms. The van der Waals surface area contributed by atoms with Crippen LogP contribution in [0.5, 0.6) is 0 Å². The number of esters is 2. The van der Waals surface area contributed by atoms with Crippen LogP contribution in [-0.2, 0) is 37.5 Å². The largest absolute Gasteiger partial charge is 0.480 e. The Morgan fingerprint density at radius 1 is 0.544 bits per heavy atom. The number of carbonyl (C=O) groups excluding carboxylic acids is 2. The van der Waals surface area contributed by atoms with Gasteiger partial charge in [0.05, 0.1) is 13.2 Å². The van der Waals surface area contributed by atoms with E-state index >= 15 is 0 Å². The average molecular weight is 826 g/mol. The van der Waals surface area contributed by atoms with Gasteiger partial charge in [-0.2, -0.15) is 0 Å². The summed E-state index contributed by atoms with van der Waals surface area (Å²) in [6.45, 7) is 2.74. The summed E-state index contributed by atoms with van der Waals surface area (Å²) in [5, 5.41) is 8.89. The molecule has 1 unspecified atom stereocenters. The smallest absolute Gasteiger partial charge is 0.472 e. The number of phosphoric acid groups is 1. The summed E-state index contributed by atoms with van der Waals surface area (Å²) >= 11 is 0. The van der Waals surface area contributed by atoms with E-state index in [1.807, 2.05) is 0 Å². The number of carboxylic acid groups (broad SMARTS) is 1. The molecule has 12 heteroatoms.